The Morgan fingerprint density at radius 1 is 0.926 bits per heavy atom. The Kier molecular flexibility index (Phi) is 6.71. The minimum Gasteiger partial charge on any atom is -0.486 e. The molecule has 2 aromatic rings. The predicted octanol–water partition coefficient (Wildman–Crippen LogP) is 4.08. The Morgan fingerprint density at radius 3 is 2.19 bits per heavy atom. The Morgan fingerprint density at radius 2 is 1.52 bits per heavy atom. The summed E-state index contributed by atoms with van der Waals surface area (Å²) >= 11 is 13.2. The fourth-order valence-corrected chi connectivity index (χ4v) is 3.26. The Labute approximate surface area is 170 Å². The Hall–Kier alpha value is -2.09. The number of ether oxygens (including phenoxy) is 2. The third-order valence-corrected chi connectivity index (χ3v) is 5.00. The maximum absolute atomic E-state index is 12.1. The van der Waals surface area contributed by atoms with Crippen molar-refractivity contribution < 1.29 is 19.1 Å². The van der Waals surface area contributed by atoms with Crippen LogP contribution in [0.2, 0.25) is 10.0 Å². The molecule has 0 atom stereocenters. The van der Waals surface area contributed by atoms with Gasteiger partial charge in [-0.25, -0.2) is 0 Å². The van der Waals surface area contributed by atoms with Crippen LogP contribution >= 0.6 is 35.0 Å². The number of rotatable bonds is 6. The van der Waals surface area contributed by atoms with Crippen molar-refractivity contribution in [2.45, 2.75) is 0 Å². The van der Waals surface area contributed by atoms with Crippen LogP contribution in [0, 0.1) is 0 Å². The zero-order valence-electron chi connectivity index (χ0n) is 14.1. The highest BCUT2D eigenvalue weighted by Gasteiger charge is 2.16. The summed E-state index contributed by atoms with van der Waals surface area (Å²) in [5, 5.41) is 6.40. The van der Waals surface area contributed by atoms with Crippen LogP contribution in [0.3, 0.4) is 0 Å². The summed E-state index contributed by atoms with van der Waals surface area (Å²) in [5.74, 6) is 0.878. The van der Waals surface area contributed by atoms with Crippen molar-refractivity contribution in [2.75, 3.05) is 35.4 Å². The van der Waals surface area contributed by atoms with Gasteiger partial charge in [0, 0.05) is 22.8 Å². The van der Waals surface area contributed by atoms with E-state index in [1.54, 1.807) is 36.4 Å². The molecular formula is C18H16Cl2N2O4S. The summed E-state index contributed by atoms with van der Waals surface area (Å²) in [4.78, 5) is 24.0. The first-order chi connectivity index (χ1) is 13.0. The molecule has 0 bridgehead atoms. The van der Waals surface area contributed by atoms with Crippen LogP contribution in [-0.4, -0.2) is 36.5 Å². The quantitative estimate of drug-likeness (QED) is 0.727. The molecule has 0 spiro atoms. The number of carbonyl (C=O) groups excluding carboxylic acids is 2. The number of halogens is 2. The molecule has 3 rings (SSSR count). The van der Waals surface area contributed by atoms with Crippen molar-refractivity contribution in [1.82, 2.24) is 0 Å². The minimum absolute atomic E-state index is 0.110. The summed E-state index contributed by atoms with van der Waals surface area (Å²) in [6.07, 6.45) is 0. The van der Waals surface area contributed by atoms with Gasteiger partial charge >= 0.3 is 0 Å². The molecule has 9 heteroatoms. The largest absolute Gasteiger partial charge is 0.486 e. The fourth-order valence-electron chi connectivity index (χ4n) is 2.31. The zero-order chi connectivity index (χ0) is 19.2. The molecule has 0 aromatic heterocycles. The number of benzene rings is 2. The molecule has 0 unspecified atom stereocenters. The molecule has 2 aromatic carbocycles. The topological polar surface area (TPSA) is 76.7 Å². The Bertz CT molecular complexity index is 846. The number of fused-ring (bicyclic) bond motifs is 1. The molecule has 0 fully saturated rings. The molecule has 0 saturated heterocycles. The van der Waals surface area contributed by atoms with Crippen LogP contribution in [0.15, 0.2) is 36.4 Å². The average molecular weight is 427 g/mol. The van der Waals surface area contributed by atoms with Crippen LogP contribution in [0.1, 0.15) is 0 Å². The van der Waals surface area contributed by atoms with E-state index in [0.717, 1.165) is 0 Å². The molecule has 1 heterocycles. The van der Waals surface area contributed by atoms with Gasteiger partial charge in [0.15, 0.2) is 11.5 Å². The molecule has 0 aliphatic carbocycles. The first kappa shape index (κ1) is 19.7. The normalized spacial score (nSPS) is 12.4. The second-order valence-corrected chi connectivity index (χ2v) is 7.40. The lowest BCUT2D eigenvalue weighted by molar-refractivity contribution is -0.114. The molecule has 6 nitrogen and oxygen atoms in total. The van der Waals surface area contributed by atoms with E-state index in [1.165, 1.54) is 11.8 Å². The highest BCUT2D eigenvalue weighted by molar-refractivity contribution is 8.00. The summed E-state index contributed by atoms with van der Waals surface area (Å²) in [7, 11) is 0. The van der Waals surface area contributed by atoms with E-state index in [9.17, 15) is 9.59 Å². The van der Waals surface area contributed by atoms with Gasteiger partial charge in [-0.3, -0.25) is 9.59 Å². The van der Waals surface area contributed by atoms with Crippen molar-refractivity contribution in [2.24, 2.45) is 0 Å². The summed E-state index contributed by atoms with van der Waals surface area (Å²) in [6.45, 7) is 0.907. The number of carbonyl (C=O) groups is 2. The van der Waals surface area contributed by atoms with Gasteiger partial charge in [0.05, 0.1) is 22.2 Å². The van der Waals surface area contributed by atoms with Crippen molar-refractivity contribution in [3.8, 4) is 11.5 Å². The molecule has 1 aliphatic rings. The molecule has 1 aliphatic heterocycles. The van der Waals surface area contributed by atoms with Crippen molar-refractivity contribution >= 4 is 58.2 Å². The number of amides is 2. The molecule has 27 heavy (non-hydrogen) atoms. The number of nitrogens with one attached hydrogen (secondary N) is 2. The van der Waals surface area contributed by atoms with Crippen molar-refractivity contribution in [1.29, 1.82) is 0 Å². The van der Waals surface area contributed by atoms with Gasteiger partial charge in [0.2, 0.25) is 11.8 Å². The van der Waals surface area contributed by atoms with E-state index in [1.807, 2.05) is 0 Å². The molecule has 2 amide bonds. The first-order valence-electron chi connectivity index (χ1n) is 8.03. The van der Waals surface area contributed by atoms with Crippen molar-refractivity contribution in [3.05, 3.63) is 46.4 Å². The zero-order valence-corrected chi connectivity index (χ0v) is 16.4. The van der Waals surface area contributed by atoms with E-state index < -0.39 is 0 Å². The summed E-state index contributed by atoms with van der Waals surface area (Å²) < 4.78 is 10.9. The van der Waals surface area contributed by atoms with E-state index in [0.29, 0.717) is 46.1 Å². The lowest BCUT2D eigenvalue weighted by atomic mass is 10.2. The van der Waals surface area contributed by atoms with Gasteiger partial charge in [-0.05, 0) is 24.3 Å². The Balaban J connectivity index is 1.45. The van der Waals surface area contributed by atoms with E-state index in [4.69, 9.17) is 32.7 Å². The standard InChI is InChI=1S/C18H16Cl2N2O4S/c19-11-1-3-12(4-2-11)21-17(23)9-27-10-18(24)22-14-8-16-15(7-13(14)20)25-5-6-26-16/h1-4,7-8H,5-6,9-10H2,(H,21,23)(H,22,24). The van der Waals surface area contributed by atoms with Gasteiger partial charge < -0.3 is 20.1 Å². The molecule has 0 radical (unpaired) electrons. The second kappa shape index (κ2) is 9.21. The second-order valence-electron chi connectivity index (χ2n) is 5.57. The molecule has 142 valence electrons. The number of anilines is 2. The first-order valence-corrected chi connectivity index (χ1v) is 9.94. The summed E-state index contributed by atoms with van der Waals surface area (Å²) in [5.41, 5.74) is 1.09. The van der Waals surface area contributed by atoms with E-state index in [2.05, 4.69) is 10.6 Å². The van der Waals surface area contributed by atoms with E-state index in [-0.39, 0.29) is 23.3 Å². The maximum atomic E-state index is 12.1. The third-order valence-electron chi connectivity index (χ3n) is 3.50. The minimum atomic E-state index is -0.266. The molecule has 2 N–H and O–H groups in total. The number of hydrogen-bond acceptors (Lipinski definition) is 5. The molecular weight excluding hydrogens is 411 g/mol. The average Bonchev–Trinajstić information content (AvgIpc) is 2.64. The maximum Gasteiger partial charge on any atom is 0.234 e. The lowest BCUT2D eigenvalue weighted by Gasteiger charge is -2.20. The van der Waals surface area contributed by atoms with Crippen LogP contribution < -0.4 is 20.1 Å². The van der Waals surface area contributed by atoms with Crippen molar-refractivity contribution in [3.63, 3.8) is 0 Å². The van der Waals surface area contributed by atoms with Gasteiger partial charge in [0.1, 0.15) is 13.2 Å². The van der Waals surface area contributed by atoms with Gasteiger partial charge in [-0.2, -0.15) is 0 Å². The molecule has 0 saturated carbocycles. The predicted molar refractivity (Wildman–Crippen MR) is 108 cm³/mol. The number of thioether (sulfide) groups is 1. The highest BCUT2D eigenvalue weighted by atomic mass is 35.5. The van der Waals surface area contributed by atoms with Gasteiger partial charge in [0.25, 0.3) is 0 Å². The lowest BCUT2D eigenvalue weighted by Crippen LogP contribution is -2.19. The van der Waals surface area contributed by atoms with Crippen LogP contribution in [0.25, 0.3) is 0 Å². The highest BCUT2D eigenvalue weighted by Crippen LogP contribution is 2.37. The van der Waals surface area contributed by atoms with Crippen LogP contribution in [0.4, 0.5) is 11.4 Å². The summed E-state index contributed by atoms with van der Waals surface area (Å²) in [6, 6.07) is 10.0. The van der Waals surface area contributed by atoms with E-state index >= 15 is 0 Å². The third kappa shape index (κ3) is 5.69. The van der Waals surface area contributed by atoms with Gasteiger partial charge in [-0.1, -0.05) is 23.2 Å². The van der Waals surface area contributed by atoms with Gasteiger partial charge in [-0.15, -0.1) is 11.8 Å². The number of hydrogen-bond donors (Lipinski definition) is 2. The monoisotopic (exact) mass is 426 g/mol. The fraction of sp³-hybridized carbons (Fsp3) is 0.222. The van der Waals surface area contributed by atoms with Crippen LogP contribution in [0.5, 0.6) is 11.5 Å². The van der Waals surface area contributed by atoms with Crippen LogP contribution in [-0.2, 0) is 9.59 Å². The smallest absolute Gasteiger partial charge is 0.234 e. The SMILES string of the molecule is O=C(CSCC(=O)Nc1cc2c(cc1Cl)OCCO2)Nc1ccc(Cl)cc1.